The van der Waals surface area contributed by atoms with Gasteiger partial charge in [0, 0.05) is 12.2 Å². The van der Waals surface area contributed by atoms with Crippen LogP contribution in [0.5, 0.6) is 0 Å². The molecule has 0 fully saturated rings. The number of ether oxygens (including phenoxy) is 1. The van der Waals surface area contributed by atoms with Crippen LogP contribution in [-0.4, -0.2) is 59.8 Å². The largest absolute Gasteiger partial charge is 0.480 e. The SMILES string of the molecule is CCCOC(=O)C(N)CCC(=O)NC(CS)C(=O)NCC(=O)O. The molecule has 0 aliphatic carbocycles. The maximum atomic E-state index is 11.7. The number of carboxylic acid groups (broad SMARTS) is 1. The Morgan fingerprint density at radius 3 is 2.48 bits per heavy atom. The molecular weight excluding hydrogens is 326 g/mol. The minimum atomic E-state index is -1.20. The van der Waals surface area contributed by atoms with E-state index in [4.69, 9.17) is 15.6 Å². The molecule has 2 atom stereocenters. The highest BCUT2D eigenvalue weighted by Crippen LogP contribution is 1.99. The van der Waals surface area contributed by atoms with Gasteiger partial charge in [-0.15, -0.1) is 0 Å². The van der Waals surface area contributed by atoms with Gasteiger partial charge in [-0.1, -0.05) is 6.92 Å². The molecule has 0 radical (unpaired) electrons. The molecule has 0 saturated carbocycles. The van der Waals surface area contributed by atoms with Crippen molar-refractivity contribution in [3.8, 4) is 0 Å². The highest BCUT2D eigenvalue weighted by molar-refractivity contribution is 7.80. The van der Waals surface area contributed by atoms with E-state index >= 15 is 0 Å². The summed E-state index contributed by atoms with van der Waals surface area (Å²) in [6, 6.07) is -1.88. The summed E-state index contributed by atoms with van der Waals surface area (Å²) in [5, 5.41) is 13.0. The summed E-state index contributed by atoms with van der Waals surface area (Å²) in [5.74, 6) is -2.92. The van der Waals surface area contributed by atoms with Gasteiger partial charge >= 0.3 is 11.9 Å². The lowest BCUT2D eigenvalue weighted by Gasteiger charge is -2.16. The second-order valence-electron chi connectivity index (χ2n) is 4.73. The third-order valence-electron chi connectivity index (χ3n) is 2.68. The number of nitrogens with two attached hydrogens (primary N) is 1. The predicted molar refractivity (Wildman–Crippen MR) is 84.9 cm³/mol. The minimum absolute atomic E-state index is 0.00177. The van der Waals surface area contributed by atoms with Gasteiger partial charge in [-0.25, -0.2) is 0 Å². The summed E-state index contributed by atoms with van der Waals surface area (Å²) >= 11 is 3.93. The van der Waals surface area contributed by atoms with E-state index in [9.17, 15) is 19.2 Å². The van der Waals surface area contributed by atoms with E-state index < -0.39 is 42.4 Å². The van der Waals surface area contributed by atoms with Gasteiger partial charge in [-0.05, 0) is 12.8 Å². The Labute approximate surface area is 139 Å². The number of carbonyl (C=O) groups is 4. The van der Waals surface area contributed by atoms with Gasteiger partial charge in [0.2, 0.25) is 11.8 Å². The molecule has 9 nitrogen and oxygen atoms in total. The summed E-state index contributed by atoms with van der Waals surface area (Å²) < 4.78 is 4.85. The first-order chi connectivity index (χ1) is 10.8. The van der Waals surface area contributed by atoms with E-state index in [1.165, 1.54) is 0 Å². The molecule has 0 rings (SSSR count). The highest BCUT2D eigenvalue weighted by Gasteiger charge is 2.21. The van der Waals surface area contributed by atoms with E-state index in [2.05, 4.69) is 23.3 Å². The fraction of sp³-hybridized carbons (Fsp3) is 0.692. The van der Waals surface area contributed by atoms with Gasteiger partial charge in [-0.2, -0.15) is 12.6 Å². The fourth-order valence-corrected chi connectivity index (χ4v) is 1.72. The summed E-state index contributed by atoms with van der Waals surface area (Å²) in [4.78, 5) is 45.2. The summed E-state index contributed by atoms with van der Waals surface area (Å²) in [6.07, 6.45) is 0.678. The molecule has 0 saturated heterocycles. The maximum absolute atomic E-state index is 11.7. The average Bonchev–Trinajstić information content (AvgIpc) is 2.52. The molecule has 0 aromatic carbocycles. The van der Waals surface area contributed by atoms with Crippen molar-refractivity contribution < 1.29 is 29.0 Å². The molecule has 0 aromatic heterocycles. The van der Waals surface area contributed by atoms with Gasteiger partial charge in [0.15, 0.2) is 0 Å². The number of amides is 2. The van der Waals surface area contributed by atoms with E-state index in [-0.39, 0.29) is 25.2 Å². The van der Waals surface area contributed by atoms with Gasteiger partial charge < -0.3 is 26.2 Å². The molecule has 23 heavy (non-hydrogen) atoms. The number of thiol groups is 1. The Morgan fingerprint density at radius 2 is 1.96 bits per heavy atom. The van der Waals surface area contributed by atoms with Crippen LogP contribution in [-0.2, 0) is 23.9 Å². The van der Waals surface area contributed by atoms with E-state index in [1.54, 1.807) is 0 Å². The van der Waals surface area contributed by atoms with E-state index in [0.29, 0.717) is 6.42 Å². The van der Waals surface area contributed by atoms with Gasteiger partial charge in [-0.3, -0.25) is 19.2 Å². The van der Waals surface area contributed by atoms with Crippen LogP contribution in [0.4, 0.5) is 0 Å². The Bertz CT molecular complexity index is 432. The molecule has 2 unspecified atom stereocenters. The standard InChI is InChI=1S/C13H23N3O6S/c1-2-5-22-13(21)8(14)3-4-10(17)16-9(7-23)12(20)15-6-11(18)19/h8-9,23H,2-7,14H2,1H3,(H,15,20)(H,16,17)(H,18,19). The lowest BCUT2D eigenvalue weighted by atomic mass is 10.1. The molecule has 0 aliphatic rings. The fourth-order valence-electron chi connectivity index (χ4n) is 1.46. The van der Waals surface area contributed by atoms with Crippen molar-refractivity contribution in [2.45, 2.75) is 38.3 Å². The first-order valence-corrected chi connectivity index (χ1v) is 7.77. The number of aliphatic carboxylic acids is 1. The lowest BCUT2D eigenvalue weighted by Crippen LogP contribution is -2.49. The number of hydrogen-bond donors (Lipinski definition) is 5. The van der Waals surface area contributed by atoms with Crippen LogP contribution in [0.1, 0.15) is 26.2 Å². The number of nitrogens with one attached hydrogen (secondary N) is 2. The van der Waals surface area contributed by atoms with Crippen LogP contribution < -0.4 is 16.4 Å². The zero-order valence-electron chi connectivity index (χ0n) is 12.9. The Balaban J connectivity index is 4.21. The Kier molecular flexibility index (Phi) is 10.8. The smallest absolute Gasteiger partial charge is 0.322 e. The summed E-state index contributed by atoms with van der Waals surface area (Å²) in [6.45, 7) is 1.57. The van der Waals surface area contributed by atoms with Crippen molar-refractivity contribution in [1.29, 1.82) is 0 Å². The molecule has 10 heteroatoms. The normalized spacial score (nSPS) is 12.8. The number of hydrogen-bond acceptors (Lipinski definition) is 7. The van der Waals surface area contributed by atoms with Gasteiger partial charge in [0.1, 0.15) is 18.6 Å². The summed E-state index contributed by atoms with van der Waals surface area (Å²) in [7, 11) is 0. The molecule has 132 valence electrons. The molecule has 0 aromatic rings. The van der Waals surface area contributed by atoms with E-state index in [0.717, 1.165) is 0 Å². The first-order valence-electron chi connectivity index (χ1n) is 7.13. The lowest BCUT2D eigenvalue weighted by molar-refractivity contribution is -0.145. The van der Waals surface area contributed by atoms with Crippen LogP contribution in [0, 0.1) is 0 Å². The van der Waals surface area contributed by atoms with Crippen molar-refractivity contribution in [2.75, 3.05) is 18.9 Å². The molecule has 0 spiro atoms. The number of esters is 1. The van der Waals surface area contributed by atoms with Crippen LogP contribution >= 0.6 is 12.6 Å². The third-order valence-corrected chi connectivity index (χ3v) is 3.05. The quantitative estimate of drug-likeness (QED) is 0.229. The molecule has 0 aliphatic heterocycles. The highest BCUT2D eigenvalue weighted by atomic mass is 32.1. The predicted octanol–water partition coefficient (Wildman–Crippen LogP) is -1.34. The maximum Gasteiger partial charge on any atom is 0.322 e. The Hall–Kier alpha value is -1.81. The molecular formula is C13H23N3O6S. The monoisotopic (exact) mass is 349 g/mol. The molecule has 2 amide bonds. The zero-order chi connectivity index (χ0) is 17.8. The molecule has 0 bridgehead atoms. The second-order valence-corrected chi connectivity index (χ2v) is 5.09. The average molecular weight is 349 g/mol. The summed E-state index contributed by atoms with van der Waals surface area (Å²) in [5.41, 5.74) is 5.60. The van der Waals surface area contributed by atoms with Crippen molar-refractivity contribution >= 4 is 36.4 Å². The number of rotatable bonds is 11. The van der Waals surface area contributed by atoms with Crippen molar-refractivity contribution in [3.05, 3.63) is 0 Å². The van der Waals surface area contributed by atoms with Crippen molar-refractivity contribution in [3.63, 3.8) is 0 Å². The topological polar surface area (TPSA) is 148 Å². The van der Waals surface area contributed by atoms with Crippen LogP contribution in [0.3, 0.4) is 0 Å². The zero-order valence-corrected chi connectivity index (χ0v) is 13.8. The molecule has 5 N–H and O–H groups in total. The van der Waals surface area contributed by atoms with E-state index in [1.807, 2.05) is 6.92 Å². The number of carboxylic acids is 1. The second kappa shape index (κ2) is 11.7. The van der Waals surface area contributed by atoms with Gasteiger partial charge in [0.25, 0.3) is 0 Å². The van der Waals surface area contributed by atoms with Crippen LogP contribution in [0.2, 0.25) is 0 Å². The van der Waals surface area contributed by atoms with Crippen LogP contribution in [0.25, 0.3) is 0 Å². The van der Waals surface area contributed by atoms with Gasteiger partial charge in [0.05, 0.1) is 6.61 Å². The first kappa shape index (κ1) is 21.2. The van der Waals surface area contributed by atoms with Crippen molar-refractivity contribution in [1.82, 2.24) is 10.6 Å². The van der Waals surface area contributed by atoms with Crippen molar-refractivity contribution in [2.24, 2.45) is 5.73 Å². The molecule has 0 heterocycles. The Morgan fingerprint density at radius 1 is 1.30 bits per heavy atom. The minimum Gasteiger partial charge on any atom is -0.480 e. The van der Waals surface area contributed by atoms with Crippen LogP contribution in [0.15, 0.2) is 0 Å². The third kappa shape index (κ3) is 9.74. The number of carbonyl (C=O) groups excluding carboxylic acids is 3.